The SMILES string of the molecule is CC[NH+]1CC[NH+]([C@@H]2CC[C@H](C)C2)CC1. The number of hydrogen-bond acceptors (Lipinski definition) is 0. The van der Waals surface area contributed by atoms with Crippen molar-refractivity contribution < 1.29 is 9.80 Å². The Labute approximate surface area is 88.3 Å². The van der Waals surface area contributed by atoms with E-state index < -0.39 is 0 Å². The zero-order chi connectivity index (χ0) is 9.97. The number of likely N-dealkylation sites (N-methyl/N-ethyl adjacent to an activating group) is 1. The van der Waals surface area contributed by atoms with Gasteiger partial charge < -0.3 is 9.80 Å². The van der Waals surface area contributed by atoms with Crippen LogP contribution >= 0.6 is 0 Å². The summed E-state index contributed by atoms with van der Waals surface area (Å²) in [6.45, 7) is 11.8. The minimum absolute atomic E-state index is 1.00. The second-order valence-electron chi connectivity index (χ2n) is 5.38. The molecule has 0 spiro atoms. The van der Waals surface area contributed by atoms with Gasteiger partial charge in [-0.2, -0.15) is 0 Å². The third kappa shape index (κ3) is 2.29. The molecule has 1 heterocycles. The molecule has 0 aromatic carbocycles. The minimum Gasteiger partial charge on any atom is -0.326 e. The Morgan fingerprint density at radius 3 is 2.29 bits per heavy atom. The van der Waals surface area contributed by atoms with E-state index in [0.29, 0.717) is 0 Å². The van der Waals surface area contributed by atoms with E-state index in [4.69, 9.17) is 0 Å². The number of rotatable bonds is 2. The maximum Gasteiger partial charge on any atom is 0.127 e. The van der Waals surface area contributed by atoms with E-state index in [0.717, 1.165) is 12.0 Å². The molecule has 0 bridgehead atoms. The third-order valence-electron chi connectivity index (χ3n) is 4.37. The van der Waals surface area contributed by atoms with Crippen LogP contribution in [0.5, 0.6) is 0 Å². The third-order valence-corrected chi connectivity index (χ3v) is 4.37. The van der Waals surface area contributed by atoms with E-state index in [2.05, 4.69) is 13.8 Å². The Morgan fingerprint density at radius 2 is 1.79 bits per heavy atom. The molecule has 0 unspecified atom stereocenters. The molecule has 0 aromatic rings. The average Bonchev–Trinajstić information content (AvgIpc) is 2.65. The zero-order valence-electron chi connectivity index (χ0n) is 9.81. The van der Waals surface area contributed by atoms with Crippen molar-refractivity contribution in [2.75, 3.05) is 32.7 Å². The van der Waals surface area contributed by atoms with E-state index in [-0.39, 0.29) is 0 Å². The van der Waals surface area contributed by atoms with Crippen molar-refractivity contribution >= 4 is 0 Å². The molecule has 0 amide bonds. The van der Waals surface area contributed by atoms with Crippen LogP contribution in [0.15, 0.2) is 0 Å². The van der Waals surface area contributed by atoms with E-state index in [1.807, 2.05) is 9.80 Å². The lowest BCUT2D eigenvalue weighted by Crippen LogP contribution is -3.29. The van der Waals surface area contributed by atoms with Crippen molar-refractivity contribution in [3.8, 4) is 0 Å². The highest BCUT2D eigenvalue weighted by atomic mass is 15.3. The molecule has 14 heavy (non-hydrogen) atoms. The minimum atomic E-state index is 1.00. The summed E-state index contributed by atoms with van der Waals surface area (Å²) in [7, 11) is 0. The predicted octanol–water partition coefficient (Wildman–Crippen LogP) is -1.02. The summed E-state index contributed by atoms with van der Waals surface area (Å²) in [6, 6.07) is 1.02. The summed E-state index contributed by atoms with van der Waals surface area (Å²) in [5.74, 6) is 1.00. The fourth-order valence-corrected chi connectivity index (χ4v) is 3.26. The molecular weight excluding hydrogens is 172 g/mol. The lowest BCUT2D eigenvalue weighted by atomic mass is 10.1. The van der Waals surface area contributed by atoms with Crippen LogP contribution in [-0.2, 0) is 0 Å². The Kier molecular flexibility index (Phi) is 3.45. The molecule has 2 atom stereocenters. The molecule has 2 nitrogen and oxygen atoms in total. The molecule has 2 rings (SSSR count). The van der Waals surface area contributed by atoms with Gasteiger partial charge in [0.25, 0.3) is 0 Å². The Morgan fingerprint density at radius 1 is 1.07 bits per heavy atom. The standard InChI is InChI=1S/C12H24N2/c1-3-13-6-8-14(9-7-13)12-5-4-11(2)10-12/h11-12H,3-10H2,1-2H3/p+2/t11-,12+/m0/s1. The second-order valence-corrected chi connectivity index (χ2v) is 5.38. The first kappa shape index (κ1) is 10.4. The van der Waals surface area contributed by atoms with Crippen LogP contribution in [0.2, 0.25) is 0 Å². The van der Waals surface area contributed by atoms with Gasteiger partial charge in [0, 0.05) is 6.42 Å². The fourth-order valence-electron chi connectivity index (χ4n) is 3.26. The highest BCUT2D eigenvalue weighted by Crippen LogP contribution is 2.22. The molecule has 0 radical (unpaired) electrons. The highest BCUT2D eigenvalue weighted by Gasteiger charge is 2.33. The largest absolute Gasteiger partial charge is 0.326 e. The van der Waals surface area contributed by atoms with Crippen LogP contribution in [0.4, 0.5) is 0 Å². The smallest absolute Gasteiger partial charge is 0.127 e. The van der Waals surface area contributed by atoms with Crippen molar-refractivity contribution in [3.05, 3.63) is 0 Å². The van der Waals surface area contributed by atoms with Gasteiger partial charge in [0.1, 0.15) is 26.2 Å². The molecule has 2 heteroatoms. The molecule has 82 valence electrons. The Balaban J connectivity index is 1.78. The summed E-state index contributed by atoms with van der Waals surface area (Å²) in [4.78, 5) is 3.74. The van der Waals surface area contributed by atoms with E-state index in [1.54, 1.807) is 0 Å². The maximum absolute atomic E-state index is 2.42. The highest BCUT2D eigenvalue weighted by molar-refractivity contribution is 4.71. The number of hydrogen-bond donors (Lipinski definition) is 2. The first-order valence-corrected chi connectivity index (χ1v) is 6.47. The van der Waals surface area contributed by atoms with Crippen molar-refractivity contribution in [1.82, 2.24) is 0 Å². The van der Waals surface area contributed by atoms with Crippen LogP contribution in [-0.4, -0.2) is 38.8 Å². The predicted molar refractivity (Wildman–Crippen MR) is 58.7 cm³/mol. The van der Waals surface area contributed by atoms with Gasteiger partial charge in [-0.1, -0.05) is 6.92 Å². The number of nitrogens with one attached hydrogen (secondary N) is 2. The van der Waals surface area contributed by atoms with Crippen molar-refractivity contribution in [1.29, 1.82) is 0 Å². The molecule has 2 aliphatic rings. The Hall–Kier alpha value is -0.0800. The van der Waals surface area contributed by atoms with Gasteiger partial charge in [-0.25, -0.2) is 0 Å². The molecule has 1 aliphatic heterocycles. The van der Waals surface area contributed by atoms with Gasteiger partial charge in [-0.05, 0) is 25.7 Å². The van der Waals surface area contributed by atoms with Crippen molar-refractivity contribution in [2.24, 2.45) is 5.92 Å². The molecule has 1 saturated carbocycles. The van der Waals surface area contributed by atoms with Gasteiger partial charge in [0.15, 0.2) is 0 Å². The number of quaternary nitrogens is 2. The molecule has 1 saturated heterocycles. The van der Waals surface area contributed by atoms with Gasteiger partial charge in [0.05, 0.1) is 12.6 Å². The first-order chi connectivity index (χ1) is 6.79. The van der Waals surface area contributed by atoms with Crippen LogP contribution in [0, 0.1) is 5.92 Å². The maximum atomic E-state index is 2.42. The summed E-state index contributed by atoms with van der Waals surface area (Å²) >= 11 is 0. The van der Waals surface area contributed by atoms with E-state index >= 15 is 0 Å². The lowest BCUT2D eigenvalue weighted by molar-refractivity contribution is -1.02. The normalized spacial score (nSPS) is 44.1. The van der Waals surface area contributed by atoms with Crippen LogP contribution in [0.1, 0.15) is 33.1 Å². The zero-order valence-corrected chi connectivity index (χ0v) is 9.81. The lowest BCUT2D eigenvalue weighted by Gasteiger charge is -2.32. The van der Waals surface area contributed by atoms with Crippen molar-refractivity contribution in [2.45, 2.75) is 39.2 Å². The van der Waals surface area contributed by atoms with Crippen molar-refractivity contribution in [3.63, 3.8) is 0 Å². The molecule has 2 fully saturated rings. The molecule has 0 aromatic heterocycles. The summed E-state index contributed by atoms with van der Waals surface area (Å²) in [6.07, 6.45) is 4.48. The topological polar surface area (TPSA) is 8.88 Å². The van der Waals surface area contributed by atoms with Crippen LogP contribution in [0.25, 0.3) is 0 Å². The molecule has 2 N–H and O–H groups in total. The second kappa shape index (κ2) is 4.63. The van der Waals surface area contributed by atoms with Gasteiger partial charge >= 0.3 is 0 Å². The van der Waals surface area contributed by atoms with Gasteiger partial charge in [0.2, 0.25) is 0 Å². The van der Waals surface area contributed by atoms with Gasteiger partial charge in [-0.15, -0.1) is 0 Å². The molecule has 1 aliphatic carbocycles. The first-order valence-electron chi connectivity index (χ1n) is 6.47. The van der Waals surface area contributed by atoms with Crippen LogP contribution < -0.4 is 9.80 Å². The average molecular weight is 198 g/mol. The Bertz CT molecular complexity index is 173. The van der Waals surface area contributed by atoms with Gasteiger partial charge in [-0.3, -0.25) is 0 Å². The van der Waals surface area contributed by atoms with Crippen LogP contribution in [0.3, 0.4) is 0 Å². The monoisotopic (exact) mass is 198 g/mol. The van der Waals surface area contributed by atoms with E-state index in [9.17, 15) is 0 Å². The summed E-state index contributed by atoms with van der Waals surface area (Å²) < 4.78 is 0. The summed E-state index contributed by atoms with van der Waals surface area (Å²) in [5, 5.41) is 0. The summed E-state index contributed by atoms with van der Waals surface area (Å²) in [5.41, 5.74) is 0. The van der Waals surface area contributed by atoms with E-state index in [1.165, 1.54) is 52.0 Å². The quantitative estimate of drug-likeness (QED) is 0.562. The fraction of sp³-hybridized carbons (Fsp3) is 1.00. The molecular formula is C12H26N2+2. The number of piperazine rings is 1.